The number of ketones is 1. The molecule has 1 saturated heterocycles. The van der Waals surface area contributed by atoms with E-state index in [0.717, 1.165) is 4.90 Å². The van der Waals surface area contributed by atoms with Crippen LogP contribution in [-0.4, -0.2) is 40.8 Å². The minimum atomic E-state index is -1.33. The number of benzene rings is 2. The smallest absolute Gasteiger partial charge is 0.295 e. The van der Waals surface area contributed by atoms with Gasteiger partial charge in [-0.2, -0.15) is 0 Å². The van der Waals surface area contributed by atoms with Crippen molar-refractivity contribution in [1.82, 2.24) is 4.90 Å². The number of carbonyl (C=O) groups is 3. The fourth-order valence-corrected chi connectivity index (χ4v) is 3.33. The molecule has 3 rings (SSSR count). The maximum atomic E-state index is 12.7. The van der Waals surface area contributed by atoms with E-state index < -0.39 is 30.1 Å². The number of likely N-dealkylation sites (tertiary alicyclic amines) is 1. The summed E-state index contributed by atoms with van der Waals surface area (Å²) in [6, 6.07) is 14.3. The molecule has 0 unspecified atom stereocenters. The zero-order valence-electron chi connectivity index (χ0n) is 15.8. The van der Waals surface area contributed by atoms with Crippen LogP contribution in [0.4, 0.5) is 0 Å². The SMILES string of the molecule is CCOc1ccc([C@@H]2C(=C(O)c3ccccc3)C(=O)C(=O)N2CCC(=O)[O-])cc1. The van der Waals surface area contributed by atoms with E-state index >= 15 is 0 Å². The van der Waals surface area contributed by atoms with E-state index in [-0.39, 0.29) is 17.9 Å². The molecule has 1 aliphatic rings. The minimum Gasteiger partial charge on any atom is -0.550 e. The number of carboxylic acid groups (broad SMARTS) is 1. The molecule has 2 aromatic rings. The molecule has 1 N–H and O–H groups in total. The molecule has 2 aromatic carbocycles. The second-order valence-corrected chi connectivity index (χ2v) is 6.48. The molecule has 0 radical (unpaired) electrons. The van der Waals surface area contributed by atoms with Gasteiger partial charge in [-0.05, 0) is 24.6 Å². The molecule has 1 atom stereocenters. The third-order valence-electron chi connectivity index (χ3n) is 4.65. The topological polar surface area (TPSA) is 107 Å². The number of ether oxygens (including phenoxy) is 1. The van der Waals surface area contributed by atoms with Crippen LogP contribution in [0.3, 0.4) is 0 Å². The molecular weight excluding hydrogens is 374 g/mol. The summed E-state index contributed by atoms with van der Waals surface area (Å²) in [7, 11) is 0. The number of aliphatic hydroxyl groups is 1. The van der Waals surface area contributed by atoms with Crippen LogP contribution in [0.2, 0.25) is 0 Å². The van der Waals surface area contributed by atoms with Crippen LogP contribution in [-0.2, 0) is 14.4 Å². The number of nitrogens with zero attached hydrogens (tertiary/aromatic N) is 1. The maximum Gasteiger partial charge on any atom is 0.295 e. The van der Waals surface area contributed by atoms with Crippen molar-refractivity contribution in [3.05, 3.63) is 71.3 Å². The molecule has 150 valence electrons. The molecule has 0 aliphatic carbocycles. The van der Waals surface area contributed by atoms with Crippen molar-refractivity contribution in [3.63, 3.8) is 0 Å². The third-order valence-corrected chi connectivity index (χ3v) is 4.65. The Morgan fingerprint density at radius 3 is 2.34 bits per heavy atom. The number of amides is 1. The molecule has 7 heteroatoms. The summed E-state index contributed by atoms with van der Waals surface area (Å²) < 4.78 is 5.42. The number of hydrogen-bond donors (Lipinski definition) is 1. The van der Waals surface area contributed by atoms with Gasteiger partial charge in [-0.25, -0.2) is 0 Å². The molecule has 0 bridgehead atoms. The summed E-state index contributed by atoms with van der Waals surface area (Å²) in [6.45, 7) is 2.12. The summed E-state index contributed by atoms with van der Waals surface area (Å²) >= 11 is 0. The Morgan fingerprint density at radius 2 is 1.76 bits per heavy atom. The first-order chi connectivity index (χ1) is 13.9. The van der Waals surface area contributed by atoms with E-state index in [0.29, 0.717) is 23.5 Å². The molecular formula is C22H20NO6-. The van der Waals surface area contributed by atoms with E-state index in [1.165, 1.54) is 0 Å². The second kappa shape index (κ2) is 8.60. The zero-order chi connectivity index (χ0) is 21.0. The summed E-state index contributed by atoms with van der Waals surface area (Å²) in [4.78, 5) is 37.4. The Balaban J connectivity index is 2.10. The first kappa shape index (κ1) is 20.1. The van der Waals surface area contributed by atoms with Crippen LogP contribution in [0.1, 0.15) is 30.5 Å². The van der Waals surface area contributed by atoms with Gasteiger partial charge in [0.1, 0.15) is 11.5 Å². The van der Waals surface area contributed by atoms with E-state index in [1.54, 1.807) is 54.6 Å². The molecule has 1 aliphatic heterocycles. The van der Waals surface area contributed by atoms with Crippen LogP contribution >= 0.6 is 0 Å². The van der Waals surface area contributed by atoms with Gasteiger partial charge in [0.2, 0.25) is 0 Å². The van der Waals surface area contributed by atoms with Crippen molar-refractivity contribution in [1.29, 1.82) is 0 Å². The lowest BCUT2D eigenvalue weighted by atomic mass is 9.95. The van der Waals surface area contributed by atoms with Gasteiger partial charge in [0.05, 0.1) is 18.2 Å². The number of carbonyl (C=O) groups excluding carboxylic acids is 3. The maximum absolute atomic E-state index is 12.7. The Hall–Kier alpha value is -3.61. The molecule has 1 amide bonds. The van der Waals surface area contributed by atoms with Crippen molar-refractivity contribution < 1.29 is 29.3 Å². The number of hydrogen-bond acceptors (Lipinski definition) is 6. The van der Waals surface area contributed by atoms with Gasteiger partial charge in [-0.1, -0.05) is 42.5 Å². The van der Waals surface area contributed by atoms with Gasteiger partial charge < -0.3 is 24.6 Å². The van der Waals surface area contributed by atoms with Gasteiger partial charge in [0, 0.05) is 24.5 Å². The predicted octanol–water partition coefficient (Wildman–Crippen LogP) is 1.65. The van der Waals surface area contributed by atoms with E-state index in [1.807, 2.05) is 6.92 Å². The highest BCUT2D eigenvalue weighted by molar-refractivity contribution is 6.46. The second-order valence-electron chi connectivity index (χ2n) is 6.48. The van der Waals surface area contributed by atoms with E-state index in [4.69, 9.17) is 4.74 Å². The highest BCUT2D eigenvalue weighted by atomic mass is 16.5. The quantitative estimate of drug-likeness (QED) is 0.435. The Labute approximate surface area is 167 Å². The van der Waals surface area contributed by atoms with Crippen molar-refractivity contribution >= 4 is 23.4 Å². The first-order valence-corrected chi connectivity index (χ1v) is 9.20. The monoisotopic (exact) mass is 394 g/mol. The van der Waals surface area contributed by atoms with Gasteiger partial charge >= 0.3 is 0 Å². The van der Waals surface area contributed by atoms with Crippen LogP contribution in [0, 0.1) is 0 Å². The lowest BCUT2D eigenvalue weighted by Gasteiger charge is -2.25. The normalized spacial score (nSPS) is 18.1. The average Bonchev–Trinajstić information content (AvgIpc) is 2.98. The predicted molar refractivity (Wildman–Crippen MR) is 103 cm³/mol. The van der Waals surface area contributed by atoms with Gasteiger partial charge in [-0.15, -0.1) is 0 Å². The molecule has 1 fully saturated rings. The van der Waals surface area contributed by atoms with Crippen LogP contribution in [0.5, 0.6) is 5.75 Å². The van der Waals surface area contributed by atoms with Gasteiger partial charge in [-0.3, -0.25) is 9.59 Å². The Morgan fingerprint density at radius 1 is 1.10 bits per heavy atom. The molecule has 0 aromatic heterocycles. The summed E-state index contributed by atoms with van der Waals surface area (Å²) in [5, 5.41) is 21.7. The average molecular weight is 394 g/mol. The third kappa shape index (κ3) is 4.13. The Bertz CT molecular complexity index is 949. The standard InChI is InChI=1S/C22H21NO6/c1-2-29-16-10-8-14(9-11-16)19-18(20(26)15-6-4-3-5-7-15)21(27)22(28)23(19)13-12-17(24)25/h3-11,19,26H,2,12-13H2,1H3,(H,24,25)/p-1/t19-/m1/s1. The van der Waals surface area contributed by atoms with Crippen molar-refractivity contribution in [2.45, 2.75) is 19.4 Å². The molecule has 0 saturated carbocycles. The Kier molecular flexibility index (Phi) is 5.97. The summed E-state index contributed by atoms with van der Waals surface area (Å²) in [5.74, 6) is -2.74. The van der Waals surface area contributed by atoms with Crippen LogP contribution < -0.4 is 9.84 Å². The van der Waals surface area contributed by atoms with Gasteiger partial charge in [0.25, 0.3) is 11.7 Å². The van der Waals surface area contributed by atoms with Gasteiger partial charge in [0.15, 0.2) is 0 Å². The molecule has 1 heterocycles. The van der Waals surface area contributed by atoms with Crippen molar-refractivity contribution in [2.75, 3.05) is 13.2 Å². The number of rotatable bonds is 7. The van der Waals surface area contributed by atoms with E-state index in [9.17, 15) is 24.6 Å². The van der Waals surface area contributed by atoms with E-state index in [2.05, 4.69) is 0 Å². The first-order valence-electron chi connectivity index (χ1n) is 9.20. The summed E-state index contributed by atoms with van der Waals surface area (Å²) in [6.07, 6.45) is -0.425. The highest BCUT2D eigenvalue weighted by Crippen LogP contribution is 2.39. The lowest BCUT2D eigenvalue weighted by molar-refractivity contribution is -0.305. The van der Waals surface area contributed by atoms with Crippen LogP contribution in [0.15, 0.2) is 60.2 Å². The van der Waals surface area contributed by atoms with Crippen LogP contribution in [0.25, 0.3) is 5.76 Å². The fraction of sp³-hybridized carbons (Fsp3) is 0.227. The number of aliphatic hydroxyl groups excluding tert-OH is 1. The fourth-order valence-electron chi connectivity index (χ4n) is 3.33. The summed E-state index contributed by atoms with van der Waals surface area (Å²) in [5.41, 5.74) is 0.869. The molecule has 29 heavy (non-hydrogen) atoms. The number of carboxylic acids is 1. The molecule has 0 spiro atoms. The highest BCUT2D eigenvalue weighted by Gasteiger charge is 2.45. The largest absolute Gasteiger partial charge is 0.550 e. The number of aliphatic carboxylic acids is 1. The number of Topliss-reactive ketones (excluding diaryl/α,β-unsaturated/α-hetero) is 1. The van der Waals surface area contributed by atoms with Crippen molar-refractivity contribution in [3.8, 4) is 5.75 Å². The molecule has 7 nitrogen and oxygen atoms in total. The lowest BCUT2D eigenvalue weighted by Crippen LogP contribution is -2.34. The minimum absolute atomic E-state index is 0.0799. The zero-order valence-corrected chi connectivity index (χ0v) is 15.8. The van der Waals surface area contributed by atoms with Crippen molar-refractivity contribution in [2.24, 2.45) is 0 Å².